The van der Waals surface area contributed by atoms with Gasteiger partial charge in [0, 0.05) is 72.6 Å². The van der Waals surface area contributed by atoms with Crippen LogP contribution in [-0.2, 0) is 138 Å². The van der Waals surface area contributed by atoms with Gasteiger partial charge in [-0.05, 0) is 145 Å². The molecular weight excluding hydrogens is 1350 g/mol. The molecule has 0 atom stereocenters. The quantitative estimate of drug-likeness (QED) is 0.0831. The van der Waals surface area contributed by atoms with E-state index in [1.165, 1.54) is 20.9 Å². The van der Waals surface area contributed by atoms with Gasteiger partial charge in [0.1, 0.15) is 6.29 Å². The van der Waals surface area contributed by atoms with E-state index in [2.05, 4.69) is 24.1 Å². The van der Waals surface area contributed by atoms with Crippen molar-refractivity contribution in [3.05, 3.63) is 52.0 Å². The number of aldehydes is 1. The zero-order chi connectivity index (χ0) is 41.9. The largest absolute Gasteiger partial charge is 2.00 e. The van der Waals surface area contributed by atoms with E-state index in [0.717, 1.165) is 6.29 Å². The Morgan fingerprint density at radius 1 is 0.313 bits per heavy atom. The van der Waals surface area contributed by atoms with E-state index >= 15 is 0 Å². The molecule has 0 heterocycles. The fourth-order valence-corrected chi connectivity index (χ4v) is 0. The van der Waals surface area contributed by atoms with E-state index in [1.807, 2.05) is 20.8 Å². The third kappa shape index (κ3) is 3600. The SMILES string of the molecule is C.CC(C)(C)C=O.CC(C)(C)O.CC(C)(C)O.CC(C)(C)O.CC(C)(C)O.CC(C)(C)O.CC(C)(C)O.CC(C)(C)O.CC(C)(C)[N]=[Nb].O.O.O.O.O.O.O.[CH3-].[CH3-].[CH3-].[CH3-].[CH3-].[CH3-].[CH3-].[Nb+2].[Nb+2].[Nb].[Nb].[Nb]. The van der Waals surface area contributed by atoms with Gasteiger partial charge in [-0.1, -0.05) is 28.2 Å². The minimum absolute atomic E-state index is 0. The maximum atomic E-state index is 9.83. The van der Waals surface area contributed by atoms with Crippen LogP contribution in [0, 0.1) is 57.4 Å². The first-order chi connectivity index (χ1) is 19.1. The maximum absolute atomic E-state index is 9.83. The van der Waals surface area contributed by atoms with Crippen LogP contribution in [0.15, 0.2) is 3.34 Å². The molecule has 0 aliphatic heterocycles. The second-order valence-corrected chi connectivity index (χ2v) is 20.4. The molecule has 0 aliphatic carbocycles. The Balaban J connectivity index is -0.00000000866. The van der Waals surface area contributed by atoms with E-state index in [1.54, 1.807) is 145 Å². The zero-order valence-corrected chi connectivity index (χ0v) is 62.4. The third-order valence-electron chi connectivity index (χ3n) is 0.654. The van der Waals surface area contributed by atoms with Gasteiger partial charge in [-0.15, -0.1) is 0 Å². The molecule has 0 unspecified atom stereocenters. The van der Waals surface area contributed by atoms with Crippen molar-refractivity contribution in [1.82, 2.24) is 0 Å². The van der Waals surface area contributed by atoms with Crippen LogP contribution in [0.2, 0.25) is 0 Å². The second kappa shape index (κ2) is 92.0. The predicted octanol–water partition coefficient (Wildman–Crippen LogP) is 6.19. The number of aliphatic hydroxyl groups is 7. The first-order valence-electron chi connectivity index (χ1n) is 16.0. The summed E-state index contributed by atoms with van der Waals surface area (Å²) in [5.74, 6) is 0. The van der Waals surface area contributed by atoms with Crippen molar-refractivity contribution in [2.24, 2.45) is 8.75 Å². The Bertz CT molecular complexity index is 527. The van der Waals surface area contributed by atoms with Gasteiger partial charge in [-0.25, -0.2) is 0 Å². The summed E-state index contributed by atoms with van der Waals surface area (Å²) in [6, 6.07) is 0. The molecule has 0 bridgehead atoms. The first-order valence-corrected chi connectivity index (χ1v) is 17.0. The van der Waals surface area contributed by atoms with E-state index in [-0.39, 0.29) is 221 Å². The molecule has 0 amide bonds. The van der Waals surface area contributed by atoms with Crippen molar-refractivity contribution in [3.63, 3.8) is 0 Å². The van der Waals surface area contributed by atoms with Crippen LogP contribution >= 0.6 is 0 Å². The maximum Gasteiger partial charge on any atom is 2.00 e. The number of carbonyl (C=O) groups excluding carboxylic acids is 1. The standard InChI is InChI=1S/C5H10O.C4H9N.7C4H10O.CH4.7CH3.6Nb.7H2O/c1-5(2,3)4-6;8*1-4(2,3)5;;;;;;;;;;;;;;;;;;;;;/h4H,1-3H3;1-3H3;7*5H,1-3H3;1H4;7*1H3;;;;;;;7*1H2/q;;;;;;;;;;7*-1;;;;;2*+2;;;;;;;. The smallest absolute Gasteiger partial charge is 0.412 e. The van der Waals surface area contributed by atoms with Gasteiger partial charge in [0.25, 0.3) is 0 Å². The summed E-state index contributed by atoms with van der Waals surface area (Å²) in [4.78, 5) is 9.83. The Labute approximate surface area is 512 Å². The molecular formula is C45H128NNb6O15-3. The van der Waals surface area contributed by atoms with Gasteiger partial charge in [0.15, 0.2) is 0 Å². The Morgan fingerprint density at radius 2 is 0.343 bits per heavy atom. The fourth-order valence-electron chi connectivity index (χ4n) is 0. The number of hydrogen-bond acceptors (Lipinski definition) is 9. The minimum atomic E-state index is -0.500. The summed E-state index contributed by atoms with van der Waals surface area (Å²) in [5.41, 5.74) is -3.45. The van der Waals surface area contributed by atoms with Gasteiger partial charge in [-0.3, -0.25) is 0 Å². The van der Waals surface area contributed by atoms with Crippen LogP contribution in [0.25, 0.3) is 0 Å². The normalized spacial score (nSPS) is 8.25. The summed E-state index contributed by atoms with van der Waals surface area (Å²) in [5, 5.41) is 59.6. The van der Waals surface area contributed by atoms with Gasteiger partial charge in [0.2, 0.25) is 0 Å². The zero-order valence-electron chi connectivity index (χ0n) is 49.2. The molecule has 16 nitrogen and oxygen atoms in total. The molecule has 22 heteroatoms. The van der Waals surface area contributed by atoms with Crippen molar-refractivity contribution >= 4 is 6.29 Å². The third-order valence-corrected chi connectivity index (χ3v) is 2.13. The van der Waals surface area contributed by atoms with Crippen molar-refractivity contribution in [2.75, 3.05) is 0 Å². The van der Waals surface area contributed by atoms with Crippen LogP contribution in [0.5, 0.6) is 0 Å². The summed E-state index contributed by atoms with van der Waals surface area (Å²) in [7, 11) is 0. The molecule has 5 radical (unpaired) electrons. The fraction of sp³-hybridized carbons (Fsp3) is 0.822. The van der Waals surface area contributed by atoms with Crippen molar-refractivity contribution < 1.29 is 212 Å². The van der Waals surface area contributed by atoms with Crippen molar-refractivity contribution in [3.8, 4) is 0 Å². The minimum Gasteiger partial charge on any atom is -0.412 e. The van der Waals surface area contributed by atoms with Crippen LogP contribution in [-0.4, -0.2) is 125 Å². The average molecular weight is 1480 g/mol. The molecule has 0 saturated carbocycles. The molecule has 0 spiro atoms. The molecule has 0 aromatic rings. The summed E-state index contributed by atoms with van der Waals surface area (Å²) in [6.07, 6.45) is 0.938. The Hall–Kier alpha value is 3.35. The van der Waals surface area contributed by atoms with Crippen LogP contribution in [0.4, 0.5) is 0 Å². The summed E-state index contributed by atoms with van der Waals surface area (Å²) < 4.78 is 4.07. The Kier molecular flexibility index (Phi) is 272. The summed E-state index contributed by atoms with van der Waals surface area (Å²) in [6.45, 7) is 48.5. The van der Waals surface area contributed by atoms with Gasteiger partial charge >= 0.3 is 95.3 Å². The molecule has 0 fully saturated rings. The van der Waals surface area contributed by atoms with E-state index in [4.69, 9.17) is 35.7 Å². The van der Waals surface area contributed by atoms with Gasteiger partial charge < -0.3 is 131 Å². The van der Waals surface area contributed by atoms with E-state index < -0.39 is 39.2 Å². The van der Waals surface area contributed by atoms with Crippen LogP contribution < -0.4 is 0 Å². The van der Waals surface area contributed by atoms with E-state index in [0.29, 0.717) is 0 Å². The average Bonchev–Trinajstić information content (AvgIpc) is 2.50. The predicted molar refractivity (Wildman–Crippen MR) is 278 cm³/mol. The van der Waals surface area contributed by atoms with Crippen LogP contribution in [0.3, 0.4) is 0 Å². The molecule has 0 aromatic carbocycles. The first kappa shape index (κ1) is 198. The molecule has 21 N–H and O–H groups in total. The number of rotatable bonds is 0. The molecule has 0 rings (SSSR count). The number of hydrogen-bond donors (Lipinski definition) is 7. The second-order valence-electron chi connectivity index (χ2n) is 20.0. The van der Waals surface area contributed by atoms with Gasteiger partial charge in [-0.2, -0.15) is 0 Å². The topological polar surface area (TPSA) is 392 Å². The number of carbonyl (C=O) groups is 1. The molecule has 67 heavy (non-hydrogen) atoms. The number of nitrogens with zero attached hydrogens (tertiary/aromatic N) is 1. The Morgan fingerprint density at radius 3 is 0.343 bits per heavy atom. The molecule has 436 valence electrons. The molecule has 0 saturated heterocycles. The monoisotopic (exact) mass is 1480 g/mol. The molecule has 0 aliphatic rings. The van der Waals surface area contributed by atoms with Crippen LogP contribution in [0.1, 0.15) is 194 Å². The summed E-state index contributed by atoms with van der Waals surface area (Å²) >= 11 is 1.52. The van der Waals surface area contributed by atoms with Gasteiger partial charge in [0.05, 0.1) is 39.2 Å². The van der Waals surface area contributed by atoms with Crippen molar-refractivity contribution in [1.29, 1.82) is 0 Å². The van der Waals surface area contributed by atoms with Crippen molar-refractivity contribution in [2.45, 2.75) is 239 Å². The van der Waals surface area contributed by atoms with E-state index in [9.17, 15) is 4.79 Å². The molecule has 0 aromatic heterocycles.